The van der Waals surface area contributed by atoms with Crippen molar-refractivity contribution >= 4 is 5.97 Å². The highest BCUT2D eigenvalue weighted by atomic mass is 16.5. The van der Waals surface area contributed by atoms with Gasteiger partial charge in [0.15, 0.2) is 0 Å². The number of pyridine rings is 2. The van der Waals surface area contributed by atoms with Gasteiger partial charge < -0.3 is 14.6 Å². The number of carbonyl (C=O) groups is 1. The summed E-state index contributed by atoms with van der Waals surface area (Å²) in [5.41, 5.74) is 6.37. The molecule has 3 rings (SSSR count). The molecule has 0 saturated carbocycles. The monoisotopic (exact) mass is 475 g/mol. The summed E-state index contributed by atoms with van der Waals surface area (Å²) in [6.07, 6.45) is 6.63. The van der Waals surface area contributed by atoms with Crippen LogP contribution in [0.3, 0.4) is 0 Å². The average Bonchev–Trinajstić information content (AvgIpc) is 2.84. The molecule has 0 aliphatic carbocycles. The molecular weight excluding hydrogens is 438 g/mol. The molecule has 0 spiro atoms. The molecule has 1 N–H and O–H groups in total. The minimum Gasteiger partial charge on any atom is -0.469 e. The number of esters is 1. The van der Waals surface area contributed by atoms with Gasteiger partial charge in [0.1, 0.15) is 0 Å². The maximum absolute atomic E-state index is 12.8. The fourth-order valence-electron chi connectivity index (χ4n) is 4.58. The van der Waals surface area contributed by atoms with Crippen molar-refractivity contribution in [3.63, 3.8) is 0 Å². The van der Waals surface area contributed by atoms with Crippen molar-refractivity contribution in [1.82, 2.24) is 14.9 Å². The van der Waals surface area contributed by atoms with Gasteiger partial charge in [-0.3, -0.25) is 14.6 Å². The first-order chi connectivity index (χ1) is 16.7. The van der Waals surface area contributed by atoms with Crippen molar-refractivity contribution in [1.29, 1.82) is 0 Å². The molecule has 0 bridgehead atoms. The third-order valence-corrected chi connectivity index (χ3v) is 6.87. The number of hydrogen-bond donors (Lipinski definition) is 1. The molecule has 35 heavy (non-hydrogen) atoms. The number of aryl methyl sites for hydroxylation is 3. The molecule has 2 aromatic heterocycles. The van der Waals surface area contributed by atoms with E-state index in [1.54, 1.807) is 16.8 Å². The molecule has 0 amide bonds. The lowest BCUT2D eigenvalue weighted by Gasteiger charge is -2.28. The van der Waals surface area contributed by atoms with E-state index in [9.17, 15) is 9.59 Å². The number of aromatic nitrogens is 2. The molecular formula is C29H37N3O3. The fourth-order valence-corrected chi connectivity index (χ4v) is 4.58. The number of ether oxygens (including phenoxy) is 1. The molecule has 186 valence electrons. The van der Waals surface area contributed by atoms with Crippen LogP contribution in [0.15, 0.2) is 59.8 Å². The molecule has 3 aromatic rings. The topological polar surface area (TPSA) is 73.2 Å². The number of nitrogens with one attached hydrogen (secondary N) is 1. The van der Waals surface area contributed by atoms with Gasteiger partial charge in [-0.1, -0.05) is 38.5 Å². The Hall–Kier alpha value is -3.25. The summed E-state index contributed by atoms with van der Waals surface area (Å²) >= 11 is 0. The highest BCUT2D eigenvalue weighted by Crippen LogP contribution is 2.30. The molecule has 0 fully saturated rings. The van der Waals surface area contributed by atoms with Crippen molar-refractivity contribution in [2.24, 2.45) is 5.92 Å². The van der Waals surface area contributed by atoms with Gasteiger partial charge in [0.05, 0.1) is 19.6 Å². The normalized spacial score (nSPS) is 13.8. The first kappa shape index (κ1) is 26.4. The van der Waals surface area contributed by atoms with Crippen LogP contribution in [0.25, 0.3) is 11.1 Å². The maximum atomic E-state index is 12.8. The highest BCUT2D eigenvalue weighted by molar-refractivity contribution is 5.72. The zero-order valence-electron chi connectivity index (χ0n) is 21.7. The zero-order chi connectivity index (χ0) is 25.5. The number of rotatable bonds is 10. The zero-order valence-corrected chi connectivity index (χ0v) is 21.7. The fraction of sp³-hybridized carbons (Fsp3) is 0.414. The van der Waals surface area contributed by atoms with Crippen LogP contribution in [0.2, 0.25) is 0 Å². The van der Waals surface area contributed by atoms with Crippen LogP contribution in [-0.2, 0) is 9.53 Å². The molecule has 0 unspecified atom stereocenters. The van der Waals surface area contributed by atoms with Gasteiger partial charge >= 0.3 is 5.97 Å². The highest BCUT2D eigenvalue weighted by Gasteiger charge is 2.23. The van der Waals surface area contributed by atoms with E-state index in [1.807, 2.05) is 25.4 Å². The first-order valence-electron chi connectivity index (χ1n) is 12.3. The summed E-state index contributed by atoms with van der Waals surface area (Å²) < 4.78 is 6.79. The quantitative estimate of drug-likeness (QED) is 0.402. The Morgan fingerprint density at radius 1 is 1.11 bits per heavy atom. The molecule has 0 aliphatic heterocycles. The van der Waals surface area contributed by atoms with E-state index in [0.29, 0.717) is 6.54 Å². The standard InChI is InChI=1S/C29H37N3O3/c1-7-20(3)26(32-12-11-19(2)13-27(32)33)18-31-25(15-28(34)35-6)23-14-24(17-30-16-23)29-21(4)9-8-10-22(29)5/h8-14,16-17,20,25-26,31H,7,15,18H2,1-6H3/t20-,25+,26-/m1/s1. The van der Waals surface area contributed by atoms with E-state index < -0.39 is 0 Å². The molecule has 0 saturated heterocycles. The summed E-state index contributed by atoms with van der Waals surface area (Å²) in [6.45, 7) is 10.9. The lowest BCUT2D eigenvalue weighted by atomic mass is 9.94. The van der Waals surface area contributed by atoms with Crippen molar-refractivity contribution in [2.75, 3.05) is 13.7 Å². The van der Waals surface area contributed by atoms with Gasteiger partial charge in [-0.25, -0.2) is 0 Å². The third kappa shape index (κ3) is 6.45. The molecule has 0 radical (unpaired) electrons. The second-order valence-corrected chi connectivity index (χ2v) is 9.42. The third-order valence-electron chi connectivity index (χ3n) is 6.87. The van der Waals surface area contributed by atoms with Crippen molar-refractivity contribution in [3.8, 4) is 11.1 Å². The van der Waals surface area contributed by atoms with Crippen molar-refractivity contribution in [3.05, 3.63) is 87.6 Å². The second-order valence-electron chi connectivity index (χ2n) is 9.42. The molecule has 0 aliphatic rings. The Balaban J connectivity index is 1.95. The summed E-state index contributed by atoms with van der Waals surface area (Å²) in [7, 11) is 1.40. The maximum Gasteiger partial charge on any atom is 0.307 e. The van der Waals surface area contributed by atoms with Crippen LogP contribution in [-0.4, -0.2) is 29.2 Å². The molecule has 3 atom stereocenters. The van der Waals surface area contributed by atoms with Gasteiger partial charge in [-0.15, -0.1) is 0 Å². The lowest BCUT2D eigenvalue weighted by Crippen LogP contribution is -2.37. The summed E-state index contributed by atoms with van der Waals surface area (Å²) in [5, 5.41) is 3.56. The van der Waals surface area contributed by atoms with Gasteiger partial charge in [0.25, 0.3) is 5.56 Å². The van der Waals surface area contributed by atoms with Crippen LogP contribution in [0.1, 0.15) is 61.0 Å². The molecule has 2 heterocycles. The molecule has 1 aromatic carbocycles. The first-order valence-corrected chi connectivity index (χ1v) is 12.3. The number of benzene rings is 1. The van der Waals surface area contributed by atoms with Crippen LogP contribution in [0.4, 0.5) is 0 Å². The SMILES string of the molecule is CC[C@@H](C)[C@@H](CN[C@@H](CC(=O)OC)c1cncc(-c2c(C)cccc2C)c1)n1ccc(C)cc1=O. The summed E-state index contributed by atoms with van der Waals surface area (Å²) in [5.74, 6) is -0.0340. The number of methoxy groups -OCH3 is 1. The van der Waals surface area contributed by atoms with E-state index in [1.165, 1.54) is 18.2 Å². The van der Waals surface area contributed by atoms with E-state index in [-0.39, 0.29) is 36.0 Å². The van der Waals surface area contributed by atoms with E-state index in [2.05, 4.69) is 62.3 Å². The Morgan fingerprint density at radius 2 is 1.83 bits per heavy atom. The van der Waals surface area contributed by atoms with E-state index >= 15 is 0 Å². The van der Waals surface area contributed by atoms with E-state index in [4.69, 9.17) is 4.74 Å². The minimum atomic E-state index is -0.299. The minimum absolute atomic E-state index is 0.0136. The predicted octanol–water partition coefficient (Wildman–Crippen LogP) is 5.32. The van der Waals surface area contributed by atoms with Gasteiger partial charge in [-0.05, 0) is 66.6 Å². The average molecular weight is 476 g/mol. The second kappa shape index (κ2) is 11.9. The van der Waals surface area contributed by atoms with Crippen LogP contribution >= 0.6 is 0 Å². The number of carbonyl (C=O) groups excluding carboxylic acids is 1. The van der Waals surface area contributed by atoms with Crippen LogP contribution < -0.4 is 10.9 Å². The number of nitrogens with zero attached hydrogens (tertiary/aromatic N) is 2. The molecule has 6 nitrogen and oxygen atoms in total. The largest absolute Gasteiger partial charge is 0.469 e. The Labute approximate surface area is 208 Å². The predicted molar refractivity (Wildman–Crippen MR) is 140 cm³/mol. The summed E-state index contributed by atoms with van der Waals surface area (Å²) in [4.78, 5) is 29.6. The number of hydrogen-bond acceptors (Lipinski definition) is 5. The van der Waals surface area contributed by atoms with Crippen molar-refractivity contribution < 1.29 is 9.53 Å². The molecule has 6 heteroatoms. The van der Waals surface area contributed by atoms with Crippen LogP contribution in [0.5, 0.6) is 0 Å². The van der Waals surface area contributed by atoms with E-state index in [0.717, 1.165) is 28.7 Å². The van der Waals surface area contributed by atoms with Gasteiger partial charge in [0, 0.05) is 42.8 Å². The Bertz CT molecular complexity index is 1200. The van der Waals surface area contributed by atoms with Gasteiger partial charge in [-0.2, -0.15) is 0 Å². The van der Waals surface area contributed by atoms with Crippen LogP contribution in [0, 0.1) is 26.7 Å². The Kier molecular flexibility index (Phi) is 8.99. The summed E-state index contributed by atoms with van der Waals surface area (Å²) in [6, 6.07) is 11.6. The van der Waals surface area contributed by atoms with Gasteiger partial charge in [0.2, 0.25) is 0 Å². The smallest absolute Gasteiger partial charge is 0.307 e. The van der Waals surface area contributed by atoms with Crippen molar-refractivity contribution in [2.45, 2.75) is 59.5 Å². The lowest BCUT2D eigenvalue weighted by molar-refractivity contribution is -0.141. The Morgan fingerprint density at radius 3 is 2.46 bits per heavy atom.